The lowest BCUT2D eigenvalue weighted by molar-refractivity contribution is 0.533. The van der Waals surface area contributed by atoms with Crippen LogP contribution in [-0.2, 0) is 15.8 Å². The Morgan fingerprint density at radius 2 is 2.00 bits per heavy atom. The Bertz CT molecular complexity index is 771. The molecule has 0 saturated heterocycles. The maximum absolute atomic E-state index is 12.4. The van der Waals surface area contributed by atoms with E-state index in [-0.39, 0.29) is 11.8 Å². The number of nitrogens with one attached hydrogen (secondary N) is 1. The van der Waals surface area contributed by atoms with Gasteiger partial charge in [-0.1, -0.05) is 18.2 Å². The van der Waals surface area contributed by atoms with E-state index in [0.29, 0.717) is 17.0 Å². The Hall–Kier alpha value is -1.68. The Kier molecular flexibility index (Phi) is 4.30. The fraction of sp³-hybridized carbons (Fsp3) is 0.312. The van der Waals surface area contributed by atoms with E-state index < -0.39 is 10.0 Å². The van der Waals surface area contributed by atoms with Gasteiger partial charge in [-0.05, 0) is 47.9 Å². The van der Waals surface area contributed by atoms with Crippen molar-refractivity contribution in [1.82, 2.24) is 4.72 Å². The Balaban J connectivity index is 1.73. The van der Waals surface area contributed by atoms with E-state index in [1.807, 2.05) is 23.6 Å². The zero-order valence-electron chi connectivity index (χ0n) is 11.9. The summed E-state index contributed by atoms with van der Waals surface area (Å²) in [6.45, 7) is 0. The van der Waals surface area contributed by atoms with E-state index in [1.165, 1.54) is 0 Å². The molecule has 0 radical (unpaired) electrons. The van der Waals surface area contributed by atoms with E-state index in [2.05, 4.69) is 4.72 Å². The van der Waals surface area contributed by atoms with Crippen molar-refractivity contribution in [2.75, 3.05) is 0 Å². The molecule has 4 nitrogen and oxygen atoms in total. The fourth-order valence-corrected chi connectivity index (χ4v) is 4.78. The highest BCUT2D eigenvalue weighted by atomic mass is 32.2. The largest absolute Gasteiger partial charge is 0.216 e. The van der Waals surface area contributed by atoms with Crippen molar-refractivity contribution in [1.29, 1.82) is 5.26 Å². The van der Waals surface area contributed by atoms with Crippen molar-refractivity contribution in [2.24, 2.45) is 5.92 Å². The number of thiophene rings is 1. The monoisotopic (exact) mass is 332 g/mol. The predicted octanol–water partition coefficient (Wildman–Crippen LogP) is 3.19. The highest BCUT2D eigenvalue weighted by molar-refractivity contribution is 7.88. The maximum Gasteiger partial charge on any atom is 0.216 e. The van der Waals surface area contributed by atoms with Gasteiger partial charge in [-0.15, -0.1) is 11.3 Å². The molecule has 0 unspecified atom stereocenters. The molecule has 0 spiro atoms. The molecule has 1 aromatic heterocycles. The standard InChI is InChI=1S/C16H16N2O2S2/c17-10-12-3-5-13(6-4-12)11-22(19,20)18-16(14-7-8-14)15-2-1-9-21-15/h1-6,9,14,16,18H,7-8,11H2/t16-/m0/s1. The van der Waals surface area contributed by atoms with Crippen molar-refractivity contribution in [3.05, 3.63) is 57.8 Å². The van der Waals surface area contributed by atoms with Crippen LogP contribution in [0.3, 0.4) is 0 Å². The normalized spacial score (nSPS) is 16.1. The summed E-state index contributed by atoms with van der Waals surface area (Å²) in [7, 11) is -3.41. The lowest BCUT2D eigenvalue weighted by atomic mass is 10.2. The number of rotatable bonds is 6. The Morgan fingerprint density at radius 3 is 2.55 bits per heavy atom. The second kappa shape index (κ2) is 6.21. The average molecular weight is 332 g/mol. The SMILES string of the molecule is N#Cc1ccc(CS(=O)(=O)N[C@H](c2cccs2)C2CC2)cc1. The summed E-state index contributed by atoms with van der Waals surface area (Å²) in [5, 5.41) is 10.7. The summed E-state index contributed by atoms with van der Waals surface area (Å²) < 4.78 is 27.7. The minimum absolute atomic E-state index is 0.0622. The molecule has 1 fully saturated rings. The maximum atomic E-state index is 12.4. The van der Waals surface area contributed by atoms with E-state index in [4.69, 9.17) is 5.26 Å². The van der Waals surface area contributed by atoms with Gasteiger partial charge in [-0.25, -0.2) is 13.1 Å². The molecule has 22 heavy (non-hydrogen) atoms. The Labute approximate surface area is 134 Å². The molecule has 2 aromatic rings. The van der Waals surface area contributed by atoms with E-state index in [9.17, 15) is 8.42 Å². The van der Waals surface area contributed by atoms with Crippen LogP contribution >= 0.6 is 11.3 Å². The second-order valence-electron chi connectivity index (χ2n) is 5.52. The van der Waals surface area contributed by atoms with Crippen LogP contribution in [0.15, 0.2) is 41.8 Å². The van der Waals surface area contributed by atoms with Gasteiger partial charge in [0, 0.05) is 4.88 Å². The quantitative estimate of drug-likeness (QED) is 0.883. The first-order chi connectivity index (χ1) is 10.6. The van der Waals surface area contributed by atoms with Crippen LogP contribution < -0.4 is 4.72 Å². The van der Waals surface area contributed by atoms with Gasteiger partial charge in [0.1, 0.15) is 0 Å². The van der Waals surface area contributed by atoms with Gasteiger partial charge in [0.25, 0.3) is 0 Å². The molecule has 1 N–H and O–H groups in total. The Morgan fingerprint density at radius 1 is 1.27 bits per heavy atom. The van der Waals surface area contributed by atoms with Crippen LogP contribution in [0.5, 0.6) is 0 Å². The highest BCUT2D eigenvalue weighted by Crippen LogP contribution is 2.42. The molecule has 1 atom stereocenters. The fourth-order valence-electron chi connectivity index (χ4n) is 2.41. The highest BCUT2D eigenvalue weighted by Gasteiger charge is 2.35. The zero-order valence-corrected chi connectivity index (χ0v) is 13.5. The number of sulfonamides is 1. The van der Waals surface area contributed by atoms with Crippen molar-refractivity contribution < 1.29 is 8.42 Å². The third-order valence-corrected chi connectivity index (χ3v) is 5.97. The molecule has 114 valence electrons. The third kappa shape index (κ3) is 3.74. The average Bonchev–Trinajstić information content (AvgIpc) is 3.19. The van der Waals surface area contributed by atoms with Crippen molar-refractivity contribution in [3.8, 4) is 6.07 Å². The molecule has 0 aliphatic heterocycles. The van der Waals surface area contributed by atoms with Crippen LogP contribution in [0.2, 0.25) is 0 Å². The second-order valence-corrected chi connectivity index (χ2v) is 8.25. The molecule has 0 bridgehead atoms. The smallest absolute Gasteiger partial charge is 0.212 e. The third-order valence-electron chi connectivity index (χ3n) is 3.69. The molecule has 1 saturated carbocycles. The molecule has 1 aliphatic rings. The summed E-state index contributed by atoms with van der Waals surface area (Å²) in [6.07, 6.45) is 2.14. The van der Waals surface area contributed by atoms with Gasteiger partial charge < -0.3 is 0 Å². The molecule has 1 heterocycles. The van der Waals surface area contributed by atoms with E-state index in [1.54, 1.807) is 35.6 Å². The first kappa shape index (κ1) is 15.2. The molecule has 1 aliphatic carbocycles. The van der Waals surface area contributed by atoms with Gasteiger partial charge in [0.05, 0.1) is 23.4 Å². The van der Waals surface area contributed by atoms with Gasteiger partial charge in [-0.2, -0.15) is 5.26 Å². The van der Waals surface area contributed by atoms with Gasteiger partial charge in [-0.3, -0.25) is 0 Å². The van der Waals surface area contributed by atoms with Gasteiger partial charge in [0.2, 0.25) is 10.0 Å². The first-order valence-electron chi connectivity index (χ1n) is 7.10. The lowest BCUT2D eigenvalue weighted by Gasteiger charge is -2.17. The summed E-state index contributed by atoms with van der Waals surface area (Å²) in [5.74, 6) is 0.349. The van der Waals surface area contributed by atoms with Crippen LogP contribution in [0, 0.1) is 17.2 Å². The summed E-state index contributed by atoms with van der Waals surface area (Å²) >= 11 is 1.59. The first-order valence-corrected chi connectivity index (χ1v) is 9.63. The molecule has 1 aromatic carbocycles. The van der Waals surface area contributed by atoms with Crippen LogP contribution in [-0.4, -0.2) is 8.42 Å². The molecule has 6 heteroatoms. The molecular formula is C16H16N2O2S2. The number of benzene rings is 1. The lowest BCUT2D eigenvalue weighted by Crippen LogP contribution is -2.30. The number of nitrogens with zero attached hydrogens (tertiary/aromatic N) is 1. The minimum atomic E-state index is -3.41. The number of hydrogen-bond donors (Lipinski definition) is 1. The van der Waals surface area contributed by atoms with Crippen LogP contribution in [0.25, 0.3) is 0 Å². The van der Waals surface area contributed by atoms with Crippen LogP contribution in [0.1, 0.15) is 34.9 Å². The number of nitriles is 1. The summed E-state index contributed by atoms with van der Waals surface area (Å²) in [6, 6.07) is 12.5. The molecule has 0 amide bonds. The van der Waals surface area contributed by atoms with Gasteiger partial charge in [0.15, 0.2) is 0 Å². The van der Waals surface area contributed by atoms with E-state index in [0.717, 1.165) is 17.7 Å². The van der Waals surface area contributed by atoms with Crippen molar-refractivity contribution in [2.45, 2.75) is 24.6 Å². The number of hydrogen-bond acceptors (Lipinski definition) is 4. The summed E-state index contributed by atoms with van der Waals surface area (Å²) in [4.78, 5) is 1.07. The molecule has 3 rings (SSSR count). The van der Waals surface area contributed by atoms with Crippen LogP contribution in [0.4, 0.5) is 0 Å². The van der Waals surface area contributed by atoms with Gasteiger partial charge >= 0.3 is 0 Å². The van der Waals surface area contributed by atoms with Crippen molar-refractivity contribution in [3.63, 3.8) is 0 Å². The topological polar surface area (TPSA) is 70.0 Å². The minimum Gasteiger partial charge on any atom is -0.212 e. The summed E-state index contributed by atoms with van der Waals surface area (Å²) in [5.41, 5.74) is 1.22. The molecular weight excluding hydrogens is 316 g/mol. The predicted molar refractivity (Wildman–Crippen MR) is 86.7 cm³/mol. The zero-order chi connectivity index (χ0) is 15.6. The van der Waals surface area contributed by atoms with E-state index >= 15 is 0 Å². The van der Waals surface area contributed by atoms with Crippen molar-refractivity contribution >= 4 is 21.4 Å².